The van der Waals surface area contributed by atoms with Crippen LogP contribution in [0.3, 0.4) is 0 Å². The van der Waals surface area contributed by atoms with E-state index in [1.807, 2.05) is 24.3 Å². The summed E-state index contributed by atoms with van der Waals surface area (Å²) in [6.45, 7) is 0. The number of halogens is 1. The smallest absolute Gasteiger partial charge is 0.331 e. The van der Waals surface area contributed by atoms with Crippen LogP contribution in [0.2, 0.25) is 0 Å². The first-order valence-corrected chi connectivity index (χ1v) is 8.50. The number of hydrogen-bond acceptors (Lipinski definition) is 4. The van der Waals surface area contributed by atoms with Crippen molar-refractivity contribution in [2.45, 2.75) is 6.10 Å². The monoisotopic (exact) mass is 416 g/mol. The van der Waals surface area contributed by atoms with Crippen LogP contribution in [0.15, 0.2) is 65.1 Å². The number of nitrogens with one attached hydrogen (secondary N) is 2. The molecule has 0 bridgehead atoms. The fourth-order valence-corrected chi connectivity index (χ4v) is 2.30. The minimum absolute atomic E-state index is 0.458. The van der Waals surface area contributed by atoms with Crippen molar-refractivity contribution >= 4 is 39.9 Å². The van der Waals surface area contributed by atoms with Crippen LogP contribution < -0.4 is 10.6 Å². The average Bonchev–Trinajstić information content (AvgIpc) is 2.66. The SMILES string of the molecule is CNC(=O)NC(=O)C(OC(=O)/C=C/c1ccc(Br)cc1)c1ccccc1. The van der Waals surface area contributed by atoms with Crippen molar-refractivity contribution in [3.63, 3.8) is 0 Å². The topological polar surface area (TPSA) is 84.5 Å². The predicted octanol–water partition coefficient (Wildman–Crippen LogP) is 3.20. The highest BCUT2D eigenvalue weighted by molar-refractivity contribution is 9.10. The summed E-state index contributed by atoms with van der Waals surface area (Å²) >= 11 is 3.33. The fraction of sp³-hybridized carbons (Fsp3) is 0.105. The number of imide groups is 1. The fourth-order valence-electron chi connectivity index (χ4n) is 2.03. The van der Waals surface area contributed by atoms with Gasteiger partial charge in [0.25, 0.3) is 5.91 Å². The van der Waals surface area contributed by atoms with Crippen molar-refractivity contribution in [3.05, 3.63) is 76.3 Å². The molecule has 134 valence electrons. The zero-order chi connectivity index (χ0) is 18.9. The van der Waals surface area contributed by atoms with E-state index in [0.29, 0.717) is 5.56 Å². The van der Waals surface area contributed by atoms with Crippen molar-refractivity contribution < 1.29 is 19.1 Å². The lowest BCUT2D eigenvalue weighted by Crippen LogP contribution is -2.41. The first-order valence-electron chi connectivity index (χ1n) is 7.71. The Hall–Kier alpha value is -2.93. The van der Waals surface area contributed by atoms with E-state index in [1.54, 1.807) is 36.4 Å². The first-order chi connectivity index (χ1) is 12.5. The van der Waals surface area contributed by atoms with Crippen LogP contribution in [0.1, 0.15) is 17.2 Å². The van der Waals surface area contributed by atoms with Gasteiger partial charge in [0, 0.05) is 23.2 Å². The lowest BCUT2D eigenvalue weighted by atomic mass is 10.1. The van der Waals surface area contributed by atoms with Crippen molar-refractivity contribution in [3.8, 4) is 0 Å². The van der Waals surface area contributed by atoms with Crippen molar-refractivity contribution in [2.75, 3.05) is 7.05 Å². The van der Waals surface area contributed by atoms with E-state index in [-0.39, 0.29) is 0 Å². The van der Waals surface area contributed by atoms with Gasteiger partial charge in [0.05, 0.1) is 0 Å². The molecule has 2 rings (SSSR count). The van der Waals surface area contributed by atoms with E-state index in [4.69, 9.17) is 4.74 Å². The lowest BCUT2D eigenvalue weighted by Gasteiger charge is -2.16. The van der Waals surface area contributed by atoms with Gasteiger partial charge in [-0.2, -0.15) is 0 Å². The van der Waals surface area contributed by atoms with Gasteiger partial charge in [-0.25, -0.2) is 9.59 Å². The van der Waals surface area contributed by atoms with Crippen LogP contribution >= 0.6 is 15.9 Å². The number of urea groups is 1. The molecule has 0 aliphatic carbocycles. The van der Waals surface area contributed by atoms with Gasteiger partial charge in [0.2, 0.25) is 6.10 Å². The number of hydrogen-bond donors (Lipinski definition) is 2. The van der Waals surface area contributed by atoms with Gasteiger partial charge in [-0.15, -0.1) is 0 Å². The molecule has 0 spiro atoms. The van der Waals surface area contributed by atoms with E-state index in [2.05, 4.69) is 26.6 Å². The number of rotatable bonds is 5. The molecular weight excluding hydrogens is 400 g/mol. The van der Waals surface area contributed by atoms with Crippen molar-refractivity contribution in [1.82, 2.24) is 10.6 Å². The van der Waals surface area contributed by atoms with Crippen molar-refractivity contribution in [2.24, 2.45) is 0 Å². The largest absolute Gasteiger partial charge is 0.444 e. The van der Waals surface area contributed by atoms with Crippen LogP contribution in [0, 0.1) is 0 Å². The zero-order valence-corrected chi connectivity index (χ0v) is 15.5. The Morgan fingerprint density at radius 2 is 1.69 bits per heavy atom. The average molecular weight is 417 g/mol. The molecule has 2 aromatic rings. The summed E-state index contributed by atoms with van der Waals surface area (Å²) in [5.41, 5.74) is 1.26. The summed E-state index contributed by atoms with van der Waals surface area (Å²) in [5, 5.41) is 4.40. The maximum absolute atomic E-state index is 12.3. The summed E-state index contributed by atoms with van der Waals surface area (Å²) in [7, 11) is 1.38. The summed E-state index contributed by atoms with van der Waals surface area (Å²) in [6.07, 6.45) is 1.57. The molecule has 1 atom stereocenters. The first kappa shape index (κ1) is 19.4. The summed E-state index contributed by atoms with van der Waals surface area (Å²) in [5.74, 6) is -1.44. The zero-order valence-electron chi connectivity index (χ0n) is 13.9. The minimum atomic E-state index is -1.24. The van der Waals surface area contributed by atoms with E-state index >= 15 is 0 Å². The summed E-state index contributed by atoms with van der Waals surface area (Å²) in [6, 6.07) is 15.1. The number of ether oxygens (including phenoxy) is 1. The maximum Gasteiger partial charge on any atom is 0.331 e. The molecule has 0 radical (unpaired) electrons. The van der Waals surface area contributed by atoms with Crippen LogP contribution in [0.25, 0.3) is 6.08 Å². The van der Waals surface area contributed by atoms with E-state index in [0.717, 1.165) is 10.0 Å². The molecule has 0 fully saturated rings. The van der Waals surface area contributed by atoms with Gasteiger partial charge < -0.3 is 10.1 Å². The molecule has 7 heteroatoms. The van der Waals surface area contributed by atoms with Crippen LogP contribution in [0.4, 0.5) is 4.79 Å². The van der Waals surface area contributed by atoms with Gasteiger partial charge in [0.1, 0.15) is 0 Å². The van der Waals surface area contributed by atoms with Gasteiger partial charge >= 0.3 is 12.0 Å². The molecule has 3 amide bonds. The molecule has 0 aliphatic rings. The highest BCUT2D eigenvalue weighted by atomic mass is 79.9. The van der Waals surface area contributed by atoms with Gasteiger partial charge in [-0.1, -0.05) is 58.4 Å². The third-order valence-electron chi connectivity index (χ3n) is 3.32. The highest BCUT2D eigenvalue weighted by Crippen LogP contribution is 2.18. The molecule has 0 saturated carbocycles. The molecule has 2 N–H and O–H groups in total. The number of esters is 1. The second kappa shape index (κ2) is 9.53. The Kier molecular flexibility index (Phi) is 7.11. The number of carbonyl (C=O) groups is 3. The Morgan fingerprint density at radius 3 is 2.31 bits per heavy atom. The molecule has 0 heterocycles. The molecule has 1 unspecified atom stereocenters. The maximum atomic E-state index is 12.3. The third kappa shape index (κ3) is 5.86. The van der Waals surface area contributed by atoms with Crippen molar-refractivity contribution in [1.29, 1.82) is 0 Å². The second-order valence-corrected chi connectivity index (χ2v) is 6.10. The molecule has 26 heavy (non-hydrogen) atoms. The molecule has 6 nitrogen and oxygen atoms in total. The molecule has 0 aromatic heterocycles. The summed E-state index contributed by atoms with van der Waals surface area (Å²) in [4.78, 5) is 35.8. The predicted molar refractivity (Wildman–Crippen MR) is 101 cm³/mol. The lowest BCUT2D eigenvalue weighted by molar-refractivity contribution is -0.151. The number of amides is 3. The minimum Gasteiger partial charge on any atom is -0.444 e. The molecule has 0 aliphatic heterocycles. The Morgan fingerprint density at radius 1 is 1.04 bits per heavy atom. The number of benzene rings is 2. The van der Waals surface area contributed by atoms with E-state index in [9.17, 15) is 14.4 Å². The summed E-state index contributed by atoms with van der Waals surface area (Å²) < 4.78 is 6.19. The molecular formula is C19H17BrN2O4. The Balaban J connectivity index is 2.12. The van der Waals surface area contributed by atoms with Crippen LogP contribution in [0.5, 0.6) is 0 Å². The van der Waals surface area contributed by atoms with E-state index in [1.165, 1.54) is 13.1 Å². The third-order valence-corrected chi connectivity index (χ3v) is 3.85. The van der Waals surface area contributed by atoms with Crippen LogP contribution in [-0.4, -0.2) is 25.0 Å². The van der Waals surface area contributed by atoms with Crippen LogP contribution in [-0.2, 0) is 14.3 Å². The number of carbonyl (C=O) groups excluding carboxylic acids is 3. The quantitative estimate of drug-likeness (QED) is 0.578. The molecule has 0 saturated heterocycles. The molecule has 2 aromatic carbocycles. The Bertz CT molecular complexity index is 804. The second-order valence-electron chi connectivity index (χ2n) is 5.18. The van der Waals surface area contributed by atoms with E-state index < -0.39 is 24.0 Å². The normalized spacial score (nSPS) is 11.6. The van der Waals surface area contributed by atoms with Gasteiger partial charge in [-0.05, 0) is 23.8 Å². The van der Waals surface area contributed by atoms with Gasteiger partial charge in [-0.3, -0.25) is 10.1 Å². The highest BCUT2D eigenvalue weighted by Gasteiger charge is 2.25. The Labute approximate surface area is 159 Å². The standard InChI is InChI=1S/C19H17BrN2O4/c1-21-19(25)22-18(24)17(14-5-3-2-4-6-14)26-16(23)12-9-13-7-10-15(20)11-8-13/h2-12,17H,1H3,(H2,21,22,24,25)/b12-9+. The van der Waals surface area contributed by atoms with Gasteiger partial charge in [0.15, 0.2) is 0 Å².